The summed E-state index contributed by atoms with van der Waals surface area (Å²) in [6.45, 7) is 9.58. The van der Waals surface area contributed by atoms with Crippen LogP contribution in [-0.4, -0.2) is 15.9 Å². The van der Waals surface area contributed by atoms with E-state index in [0.29, 0.717) is 0 Å². The van der Waals surface area contributed by atoms with Gasteiger partial charge in [0, 0.05) is 36.4 Å². The number of nitrogens with zero attached hydrogens (tertiary/aromatic N) is 1. The van der Waals surface area contributed by atoms with E-state index in [-0.39, 0.29) is 37.1 Å². The minimum atomic E-state index is -0.125. The van der Waals surface area contributed by atoms with Crippen LogP contribution >= 0.6 is 11.3 Å². The summed E-state index contributed by atoms with van der Waals surface area (Å²) in [4.78, 5) is 17.2. The molecule has 0 amide bonds. The van der Waals surface area contributed by atoms with E-state index in [1.54, 1.807) is 11.3 Å². The molecule has 0 aliphatic rings. The van der Waals surface area contributed by atoms with Crippen LogP contribution in [0.2, 0.25) is 0 Å². The van der Waals surface area contributed by atoms with Crippen LogP contribution in [0.4, 0.5) is 0 Å². The number of pyridine rings is 1. The number of allylic oxidation sites excluding steroid dienone is 2. The zero-order valence-corrected chi connectivity index (χ0v) is 22.7. The molecule has 1 N–H and O–H groups in total. The average Bonchev–Trinajstić information content (AvgIpc) is 3.17. The van der Waals surface area contributed by atoms with E-state index in [2.05, 4.69) is 69.3 Å². The second kappa shape index (κ2) is 11.5. The van der Waals surface area contributed by atoms with Gasteiger partial charge in [-0.05, 0) is 42.1 Å². The molecule has 0 fully saturated rings. The molecule has 0 saturated heterocycles. The van der Waals surface area contributed by atoms with Crippen LogP contribution in [0.3, 0.4) is 0 Å². The van der Waals surface area contributed by atoms with E-state index in [1.165, 1.54) is 41.3 Å². The largest absolute Gasteiger partial charge is 0.512 e. The number of aliphatic hydroxyl groups excluding tert-OH is 1. The standard InChI is InChI=1S/C23H20NS.C5H8O2.Ir/c1-23(2,3)19-12-9-17(10-13-19)21-15-18-11-14-20(24-22(18)25-21)16-7-5-4-6-8-16;1-4(6)3-5(2)7;/h4-7,9-15H,1-3H3;3,6H,1-2H3;/q-1;;/b;4-3-;. The van der Waals surface area contributed by atoms with Gasteiger partial charge in [0.2, 0.25) is 0 Å². The molecule has 0 saturated carbocycles. The van der Waals surface area contributed by atoms with Crippen molar-refractivity contribution in [1.29, 1.82) is 0 Å². The van der Waals surface area contributed by atoms with Crippen LogP contribution < -0.4 is 0 Å². The van der Waals surface area contributed by atoms with Crippen LogP contribution in [0.1, 0.15) is 40.2 Å². The molecule has 3 nitrogen and oxygen atoms in total. The predicted molar refractivity (Wildman–Crippen MR) is 135 cm³/mol. The summed E-state index contributed by atoms with van der Waals surface area (Å²) in [5.41, 5.74) is 4.81. The minimum absolute atomic E-state index is 0. The van der Waals surface area contributed by atoms with Gasteiger partial charge in [0.15, 0.2) is 5.78 Å². The van der Waals surface area contributed by atoms with Crippen LogP contribution in [0, 0.1) is 6.07 Å². The fourth-order valence-electron chi connectivity index (χ4n) is 3.19. The molecule has 2 heterocycles. The van der Waals surface area contributed by atoms with Crippen molar-refractivity contribution in [1.82, 2.24) is 4.98 Å². The summed E-state index contributed by atoms with van der Waals surface area (Å²) >= 11 is 1.75. The van der Waals surface area contributed by atoms with E-state index >= 15 is 0 Å². The van der Waals surface area contributed by atoms with E-state index in [0.717, 1.165) is 16.1 Å². The summed E-state index contributed by atoms with van der Waals surface area (Å²) in [6, 6.07) is 26.6. The molecular formula is C28H28IrNO2S-. The smallest absolute Gasteiger partial charge is 0.155 e. The van der Waals surface area contributed by atoms with Gasteiger partial charge >= 0.3 is 0 Å². The van der Waals surface area contributed by atoms with Crippen LogP contribution in [0.15, 0.2) is 78.6 Å². The molecule has 2 aromatic carbocycles. The van der Waals surface area contributed by atoms with Crippen molar-refractivity contribution < 1.29 is 30.0 Å². The molecule has 4 rings (SSSR count). The number of rotatable bonds is 3. The summed E-state index contributed by atoms with van der Waals surface area (Å²) in [7, 11) is 0. The van der Waals surface area contributed by atoms with E-state index in [1.807, 2.05) is 24.3 Å². The first kappa shape index (κ1) is 26.7. The van der Waals surface area contributed by atoms with E-state index in [9.17, 15) is 4.79 Å². The second-order valence-electron chi connectivity index (χ2n) is 8.70. The topological polar surface area (TPSA) is 50.2 Å². The maximum atomic E-state index is 10.0. The summed E-state index contributed by atoms with van der Waals surface area (Å²) in [5, 5.41) is 9.56. The number of aliphatic hydroxyl groups is 1. The Morgan fingerprint density at radius 3 is 2.24 bits per heavy atom. The number of hydrogen-bond acceptors (Lipinski definition) is 4. The summed E-state index contributed by atoms with van der Waals surface area (Å²) in [6.07, 6.45) is 1.17. The fourth-order valence-corrected chi connectivity index (χ4v) is 4.23. The summed E-state index contributed by atoms with van der Waals surface area (Å²) < 4.78 is 0. The van der Waals surface area contributed by atoms with E-state index in [4.69, 9.17) is 10.1 Å². The van der Waals surface area contributed by atoms with E-state index < -0.39 is 0 Å². The zero-order valence-electron chi connectivity index (χ0n) is 19.5. The van der Waals surface area contributed by atoms with Crippen LogP contribution in [0.25, 0.3) is 31.9 Å². The minimum Gasteiger partial charge on any atom is -0.512 e. The average molecular weight is 635 g/mol. The molecule has 0 spiro atoms. The number of carbonyl (C=O) groups is 1. The fraction of sp³-hybridized carbons (Fsp3) is 0.214. The number of carbonyl (C=O) groups excluding carboxylic acids is 1. The van der Waals surface area contributed by atoms with Crippen molar-refractivity contribution in [3.8, 4) is 21.7 Å². The predicted octanol–water partition coefficient (Wildman–Crippen LogP) is 7.76. The Balaban J connectivity index is 0.000000423. The number of thiophene rings is 1. The van der Waals surface area contributed by atoms with Gasteiger partial charge in [-0.3, -0.25) is 9.78 Å². The van der Waals surface area contributed by atoms with Crippen molar-refractivity contribution in [2.75, 3.05) is 0 Å². The number of fused-ring (bicyclic) bond motifs is 1. The number of benzene rings is 2. The van der Waals surface area contributed by atoms with Gasteiger partial charge in [-0.15, -0.1) is 47.2 Å². The zero-order chi connectivity index (χ0) is 23.3. The molecule has 0 atom stereocenters. The molecule has 1 radical (unpaired) electrons. The molecule has 33 heavy (non-hydrogen) atoms. The van der Waals surface area contributed by atoms with Crippen molar-refractivity contribution in [3.05, 3.63) is 90.2 Å². The first-order chi connectivity index (χ1) is 15.1. The van der Waals surface area contributed by atoms with Gasteiger partial charge in [-0.2, -0.15) is 0 Å². The van der Waals surface area contributed by atoms with Gasteiger partial charge in [0.25, 0.3) is 0 Å². The molecule has 173 valence electrons. The monoisotopic (exact) mass is 635 g/mol. The first-order valence-electron chi connectivity index (χ1n) is 10.5. The molecule has 4 aromatic rings. The maximum absolute atomic E-state index is 10.0. The molecule has 0 unspecified atom stereocenters. The molecule has 5 heteroatoms. The third-order valence-corrected chi connectivity index (χ3v) is 5.91. The molecule has 0 aliphatic heterocycles. The number of hydrogen-bond donors (Lipinski definition) is 1. The van der Waals surface area contributed by atoms with Gasteiger partial charge in [0.05, 0.1) is 5.76 Å². The molecule has 0 aliphatic carbocycles. The van der Waals surface area contributed by atoms with Gasteiger partial charge in [0.1, 0.15) is 4.83 Å². The third kappa shape index (κ3) is 7.46. The maximum Gasteiger partial charge on any atom is 0.155 e. The Kier molecular flexibility index (Phi) is 9.30. The third-order valence-electron chi connectivity index (χ3n) is 4.82. The Hall–Kier alpha value is -2.59. The van der Waals surface area contributed by atoms with Crippen LogP contribution in [0.5, 0.6) is 0 Å². The number of aromatic nitrogens is 1. The van der Waals surface area contributed by atoms with Gasteiger partial charge < -0.3 is 5.11 Å². The Bertz CT molecular complexity index is 1230. The van der Waals surface area contributed by atoms with Gasteiger partial charge in [-0.1, -0.05) is 57.2 Å². The second-order valence-corrected chi connectivity index (χ2v) is 9.73. The van der Waals surface area contributed by atoms with Crippen molar-refractivity contribution in [3.63, 3.8) is 0 Å². The molecule has 2 aromatic heterocycles. The number of ketones is 1. The van der Waals surface area contributed by atoms with Crippen LogP contribution in [-0.2, 0) is 30.3 Å². The van der Waals surface area contributed by atoms with Crippen molar-refractivity contribution >= 4 is 27.3 Å². The Morgan fingerprint density at radius 1 is 1.03 bits per heavy atom. The quantitative estimate of drug-likeness (QED) is 0.142. The normalized spacial score (nSPS) is 11.4. The summed E-state index contributed by atoms with van der Waals surface area (Å²) in [5.74, 6) is -0.0625. The first-order valence-corrected chi connectivity index (χ1v) is 11.3. The van der Waals surface area contributed by atoms with Crippen molar-refractivity contribution in [2.45, 2.75) is 40.0 Å². The molecular weight excluding hydrogens is 607 g/mol. The Morgan fingerprint density at radius 2 is 1.73 bits per heavy atom. The van der Waals surface area contributed by atoms with Gasteiger partial charge in [-0.25, -0.2) is 0 Å². The Labute approximate surface area is 213 Å². The van der Waals surface area contributed by atoms with Crippen molar-refractivity contribution in [2.24, 2.45) is 0 Å². The molecule has 0 bridgehead atoms. The SMILES string of the molecule is CC(=O)/C=C(/C)O.CC(C)(C)c1ccc(-c2cc3ccc(-c4[c-]cccc4)nc3s2)cc1.[Ir].